The van der Waals surface area contributed by atoms with E-state index in [4.69, 9.17) is 18.6 Å². The van der Waals surface area contributed by atoms with Crippen LogP contribution < -0.4 is 9.47 Å². The Morgan fingerprint density at radius 1 is 1.00 bits per heavy atom. The highest BCUT2D eigenvalue weighted by Crippen LogP contribution is 2.33. The second-order valence-electron chi connectivity index (χ2n) is 9.11. The van der Waals surface area contributed by atoms with Crippen LogP contribution in [-0.4, -0.2) is 79.2 Å². The summed E-state index contributed by atoms with van der Waals surface area (Å²) in [5.41, 5.74) is 0.908. The first-order valence-corrected chi connectivity index (χ1v) is 13.3. The summed E-state index contributed by atoms with van der Waals surface area (Å²) < 4.78 is 22.2. The molecule has 0 spiro atoms. The van der Waals surface area contributed by atoms with E-state index < -0.39 is 0 Å². The standard InChI is InChI=1S/C27H31N3O6S/c1-20-4-6-22(36-20)17-30(16-21-5-7-23-24(15-21)35-19-34-23)26(31)18-29(27(32)25-3-2-14-37-25)9-8-28-10-12-33-13-11-28/h2-7,14-15H,8-13,16-19H2,1H3. The van der Waals surface area contributed by atoms with Crippen molar-refractivity contribution in [2.75, 3.05) is 52.7 Å². The molecular formula is C27H31N3O6S. The first kappa shape index (κ1) is 25.3. The van der Waals surface area contributed by atoms with Gasteiger partial charge in [0.25, 0.3) is 5.91 Å². The number of carbonyl (C=O) groups is 2. The summed E-state index contributed by atoms with van der Waals surface area (Å²) in [6, 6.07) is 13.1. The van der Waals surface area contributed by atoms with Crippen LogP contribution in [0.1, 0.15) is 26.8 Å². The Morgan fingerprint density at radius 2 is 1.84 bits per heavy atom. The third-order valence-corrected chi connectivity index (χ3v) is 7.30. The van der Waals surface area contributed by atoms with Gasteiger partial charge in [-0.2, -0.15) is 0 Å². The Balaban J connectivity index is 1.33. The van der Waals surface area contributed by atoms with Gasteiger partial charge in [0.1, 0.15) is 18.1 Å². The van der Waals surface area contributed by atoms with Gasteiger partial charge in [-0.1, -0.05) is 12.1 Å². The third-order valence-electron chi connectivity index (χ3n) is 6.44. The van der Waals surface area contributed by atoms with Gasteiger partial charge >= 0.3 is 0 Å². The minimum atomic E-state index is -0.154. The topological polar surface area (TPSA) is 84.7 Å². The van der Waals surface area contributed by atoms with Crippen LogP contribution in [0.25, 0.3) is 0 Å². The molecule has 3 aromatic rings. The summed E-state index contributed by atoms with van der Waals surface area (Å²) >= 11 is 1.39. The fourth-order valence-electron chi connectivity index (χ4n) is 4.41. The average Bonchev–Trinajstić information content (AvgIpc) is 3.68. The number of aryl methyl sites for hydroxylation is 1. The third kappa shape index (κ3) is 6.51. The molecule has 1 saturated heterocycles. The quantitative estimate of drug-likeness (QED) is 0.401. The largest absolute Gasteiger partial charge is 0.464 e. The van der Waals surface area contributed by atoms with E-state index in [2.05, 4.69) is 4.90 Å². The van der Waals surface area contributed by atoms with Gasteiger partial charge in [0, 0.05) is 32.7 Å². The zero-order chi connectivity index (χ0) is 25.6. The van der Waals surface area contributed by atoms with E-state index in [1.54, 1.807) is 15.9 Å². The Hall–Kier alpha value is -3.34. The van der Waals surface area contributed by atoms with Crippen LogP contribution in [0, 0.1) is 6.92 Å². The second-order valence-corrected chi connectivity index (χ2v) is 10.1. The van der Waals surface area contributed by atoms with Gasteiger partial charge < -0.3 is 28.4 Å². The molecule has 9 nitrogen and oxygen atoms in total. The van der Waals surface area contributed by atoms with Crippen LogP contribution in [0.15, 0.2) is 52.3 Å². The average molecular weight is 526 g/mol. The molecule has 2 aliphatic rings. The molecule has 0 N–H and O–H groups in total. The van der Waals surface area contributed by atoms with Crippen molar-refractivity contribution in [3.8, 4) is 11.5 Å². The van der Waals surface area contributed by atoms with Crippen molar-refractivity contribution in [2.45, 2.75) is 20.0 Å². The Bertz CT molecular complexity index is 1200. The highest BCUT2D eigenvalue weighted by Gasteiger charge is 2.25. The van der Waals surface area contributed by atoms with E-state index >= 15 is 0 Å². The van der Waals surface area contributed by atoms with Crippen LogP contribution in [-0.2, 0) is 22.6 Å². The second kappa shape index (κ2) is 11.8. The molecule has 0 atom stereocenters. The summed E-state index contributed by atoms with van der Waals surface area (Å²) in [4.78, 5) is 33.4. The Morgan fingerprint density at radius 3 is 2.59 bits per heavy atom. The lowest BCUT2D eigenvalue weighted by atomic mass is 10.2. The smallest absolute Gasteiger partial charge is 0.264 e. The van der Waals surface area contributed by atoms with Crippen LogP contribution in [0.2, 0.25) is 0 Å². The van der Waals surface area contributed by atoms with Gasteiger partial charge in [-0.15, -0.1) is 11.3 Å². The number of nitrogens with zero attached hydrogens (tertiary/aromatic N) is 3. The number of hydrogen-bond acceptors (Lipinski definition) is 8. The van der Waals surface area contributed by atoms with Crippen LogP contribution in [0.3, 0.4) is 0 Å². The van der Waals surface area contributed by atoms with Crippen molar-refractivity contribution in [2.24, 2.45) is 0 Å². The number of hydrogen-bond donors (Lipinski definition) is 0. The van der Waals surface area contributed by atoms with E-state index in [9.17, 15) is 9.59 Å². The van der Waals surface area contributed by atoms with Gasteiger partial charge in [0.2, 0.25) is 12.7 Å². The van der Waals surface area contributed by atoms with E-state index in [1.807, 2.05) is 48.7 Å². The zero-order valence-electron chi connectivity index (χ0n) is 20.9. The number of carbonyl (C=O) groups excluding carboxylic acids is 2. The number of thiophene rings is 1. The molecule has 0 saturated carbocycles. The number of furan rings is 1. The van der Waals surface area contributed by atoms with Gasteiger partial charge in [-0.3, -0.25) is 14.5 Å². The summed E-state index contributed by atoms with van der Waals surface area (Å²) in [6.45, 7) is 6.85. The molecule has 4 heterocycles. The Kier molecular flexibility index (Phi) is 8.08. The fourth-order valence-corrected chi connectivity index (χ4v) is 5.10. The molecule has 37 heavy (non-hydrogen) atoms. The molecule has 0 aliphatic carbocycles. The predicted molar refractivity (Wildman–Crippen MR) is 138 cm³/mol. The monoisotopic (exact) mass is 525 g/mol. The molecule has 0 unspecified atom stereocenters. The maximum absolute atomic E-state index is 13.7. The molecule has 1 aromatic carbocycles. The van der Waals surface area contributed by atoms with Gasteiger partial charge in [-0.25, -0.2) is 0 Å². The molecule has 10 heteroatoms. The number of amides is 2. The van der Waals surface area contributed by atoms with Crippen LogP contribution in [0.4, 0.5) is 0 Å². The minimum absolute atomic E-state index is 0.0225. The first-order chi connectivity index (χ1) is 18.0. The van der Waals surface area contributed by atoms with E-state index in [-0.39, 0.29) is 25.2 Å². The zero-order valence-corrected chi connectivity index (χ0v) is 21.7. The summed E-state index contributed by atoms with van der Waals surface area (Å²) in [5, 5.41) is 1.88. The Labute approximate surface area is 220 Å². The maximum Gasteiger partial charge on any atom is 0.264 e. The fraction of sp³-hybridized carbons (Fsp3) is 0.407. The van der Waals surface area contributed by atoms with Gasteiger partial charge in [0.05, 0.1) is 24.6 Å². The maximum atomic E-state index is 13.7. The number of fused-ring (bicyclic) bond motifs is 1. The first-order valence-electron chi connectivity index (χ1n) is 12.4. The normalized spacial score (nSPS) is 15.1. The summed E-state index contributed by atoms with van der Waals surface area (Å²) in [5.74, 6) is 2.55. The highest BCUT2D eigenvalue weighted by molar-refractivity contribution is 7.12. The molecule has 2 aliphatic heterocycles. The van der Waals surface area contributed by atoms with Crippen LogP contribution >= 0.6 is 11.3 Å². The molecule has 2 amide bonds. The van der Waals surface area contributed by atoms with Crippen LogP contribution in [0.5, 0.6) is 11.5 Å². The summed E-state index contributed by atoms with van der Waals surface area (Å²) in [7, 11) is 0. The van der Waals surface area contributed by atoms with E-state index in [1.165, 1.54) is 11.3 Å². The van der Waals surface area contributed by atoms with Crippen molar-refractivity contribution in [3.05, 3.63) is 69.8 Å². The van der Waals surface area contributed by atoms with Crippen molar-refractivity contribution in [1.82, 2.24) is 14.7 Å². The van der Waals surface area contributed by atoms with Gasteiger partial charge in [0.15, 0.2) is 11.5 Å². The van der Waals surface area contributed by atoms with Crippen molar-refractivity contribution >= 4 is 23.2 Å². The molecular weight excluding hydrogens is 494 g/mol. The molecule has 1 fully saturated rings. The number of rotatable bonds is 10. The SMILES string of the molecule is Cc1ccc(CN(Cc2ccc3c(c2)OCO3)C(=O)CN(CCN2CCOCC2)C(=O)c2cccs2)o1. The number of ether oxygens (including phenoxy) is 3. The lowest BCUT2D eigenvalue weighted by molar-refractivity contribution is -0.133. The van der Waals surface area contributed by atoms with E-state index in [0.29, 0.717) is 61.5 Å². The number of benzene rings is 1. The minimum Gasteiger partial charge on any atom is -0.464 e. The van der Waals surface area contributed by atoms with Crippen molar-refractivity contribution in [1.29, 1.82) is 0 Å². The van der Waals surface area contributed by atoms with Crippen molar-refractivity contribution < 1.29 is 28.2 Å². The molecule has 196 valence electrons. The predicted octanol–water partition coefficient (Wildman–Crippen LogP) is 3.38. The molecule has 0 bridgehead atoms. The van der Waals surface area contributed by atoms with Crippen molar-refractivity contribution in [3.63, 3.8) is 0 Å². The van der Waals surface area contributed by atoms with E-state index in [0.717, 1.165) is 24.4 Å². The lowest BCUT2D eigenvalue weighted by Gasteiger charge is -2.31. The molecule has 2 aromatic heterocycles. The highest BCUT2D eigenvalue weighted by atomic mass is 32.1. The number of morpholine rings is 1. The molecule has 0 radical (unpaired) electrons. The molecule has 5 rings (SSSR count). The van der Waals surface area contributed by atoms with Gasteiger partial charge in [-0.05, 0) is 48.2 Å². The lowest BCUT2D eigenvalue weighted by Crippen LogP contribution is -2.46. The summed E-state index contributed by atoms with van der Waals surface area (Å²) in [6.07, 6.45) is 0.